The lowest BCUT2D eigenvalue weighted by molar-refractivity contribution is -0.220. The van der Waals surface area contributed by atoms with Crippen molar-refractivity contribution in [1.29, 1.82) is 0 Å². The number of morpholine rings is 1. The summed E-state index contributed by atoms with van der Waals surface area (Å²) in [6.45, 7) is 0.477. The highest BCUT2D eigenvalue weighted by Crippen LogP contribution is 2.45. The zero-order valence-electron chi connectivity index (χ0n) is 13.7. The van der Waals surface area contributed by atoms with E-state index < -0.39 is 24.0 Å². The van der Waals surface area contributed by atoms with Gasteiger partial charge >= 0.3 is 5.97 Å². The molecule has 4 rings (SSSR count). The SMILES string of the molecule is O=C(O)C1OC2(c3ccccc3Br)CN(Cc3ccccc3)C(=O)C1O2. The van der Waals surface area contributed by atoms with E-state index >= 15 is 0 Å². The highest BCUT2D eigenvalue weighted by molar-refractivity contribution is 9.10. The van der Waals surface area contributed by atoms with E-state index in [0.29, 0.717) is 12.1 Å². The number of nitrogens with zero attached hydrogens (tertiary/aromatic N) is 1. The lowest BCUT2D eigenvalue weighted by Gasteiger charge is -2.38. The summed E-state index contributed by atoms with van der Waals surface area (Å²) in [5.74, 6) is -2.89. The zero-order valence-corrected chi connectivity index (χ0v) is 15.3. The van der Waals surface area contributed by atoms with E-state index in [0.717, 1.165) is 10.0 Å². The number of hydrogen-bond donors (Lipinski definition) is 1. The number of fused-ring (bicyclic) bond motifs is 2. The predicted molar refractivity (Wildman–Crippen MR) is 95.1 cm³/mol. The monoisotopic (exact) mass is 417 g/mol. The van der Waals surface area contributed by atoms with Crippen molar-refractivity contribution in [2.45, 2.75) is 24.5 Å². The Morgan fingerprint density at radius 2 is 1.85 bits per heavy atom. The molecule has 2 aromatic rings. The van der Waals surface area contributed by atoms with Crippen molar-refractivity contribution in [3.63, 3.8) is 0 Å². The van der Waals surface area contributed by atoms with Crippen LogP contribution in [0.25, 0.3) is 0 Å². The second-order valence-corrected chi connectivity index (χ2v) is 7.18. The van der Waals surface area contributed by atoms with Crippen LogP contribution in [0.4, 0.5) is 0 Å². The van der Waals surface area contributed by atoms with Gasteiger partial charge in [0.2, 0.25) is 5.79 Å². The molecule has 0 radical (unpaired) electrons. The summed E-state index contributed by atoms with van der Waals surface area (Å²) < 4.78 is 12.4. The van der Waals surface area contributed by atoms with E-state index in [1.165, 1.54) is 0 Å². The van der Waals surface area contributed by atoms with Crippen molar-refractivity contribution in [2.24, 2.45) is 0 Å². The van der Waals surface area contributed by atoms with Crippen molar-refractivity contribution in [3.8, 4) is 0 Å². The van der Waals surface area contributed by atoms with Crippen molar-refractivity contribution < 1.29 is 24.2 Å². The largest absolute Gasteiger partial charge is 0.479 e. The topological polar surface area (TPSA) is 76.1 Å². The van der Waals surface area contributed by atoms with Crippen molar-refractivity contribution >= 4 is 27.8 Å². The molecule has 3 atom stereocenters. The fraction of sp³-hybridized carbons (Fsp3) is 0.263. The van der Waals surface area contributed by atoms with Crippen molar-refractivity contribution in [2.75, 3.05) is 6.54 Å². The molecule has 6 nitrogen and oxygen atoms in total. The fourth-order valence-electron chi connectivity index (χ4n) is 3.42. The Labute approximate surface area is 158 Å². The first kappa shape index (κ1) is 17.2. The minimum absolute atomic E-state index is 0.115. The van der Waals surface area contributed by atoms with Crippen molar-refractivity contribution in [1.82, 2.24) is 4.90 Å². The van der Waals surface area contributed by atoms with Crippen LogP contribution in [0.2, 0.25) is 0 Å². The number of amides is 1. The molecule has 2 heterocycles. The van der Waals surface area contributed by atoms with E-state index in [1.54, 1.807) is 4.90 Å². The molecule has 7 heteroatoms. The van der Waals surface area contributed by atoms with Gasteiger partial charge in [0, 0.05) is 16.6 Å². The summed E-state index contributed by atoms with van der Waals surface area (Å²) in [4.78, 5) is 26.0. The average Bonchev–Trinajstić information content (AvgIpc) is 2.97. The Kier molecular flexibility index (Phi) is 4.30. The third-order valence-corrected chi connectivity index (χ3v) is 5.30. The molecular formula is C19H16BrNO5. The van der Waals surface area contributed by atoms with E-state index in [4.69, 9.17) is 9.47 Å². The fourth-order valence-corrected chi connectivity index (χ4v) is 4.01. The van der Waals surface area contributed by atoms with Crippen LogP contribution in [-0.2, 0) is 31.4 Å². The Morgan fingerprint density at radius 3 is 2.54 bits per heavy atom. The lowest BCUT2D eigenvalue weighted by atomic mass is 10.0. The number of carboxylic acids is 1. The molecule has 1 amide bonds. The molecule has 26 heavy (non-hydrogen) atoms. The first-order valence-corrected chi connectivity index (χ1v) is 8.96. The molecule has 2 bridgehead atoms. The number of aliphatic carboxylic acids is 1. The van der Waals surface area contributed by atoms with Gasteiger partial charge in [-0.25, -0.2) is 4.79 Å². The first-order valence-electron chi connectivity index (χ1n) is 8.16. The Hall–Kier alpha value is -2.22. The number of carbonyl (C=O) groups is 2. The standard InChI is InChI=1S/C19H16BrNO5/c20-14-9-5-4-8-13(14)19-11-21(10-12-6-2-1-3-7-12)17(22)15(25-19)16(26-19)18(23)24/h1-9,15-16H,10-11H2,(H,23,24). The first-order chi connectivity index (χ1) is 12.5. The Bertz CT molecular complexity index is 858. The molecule has 2 fully saturated rings. The number of rotatable bonds is 4. The molecule has 1 N–H and O–H groups in total. The van der Waals surface area contributed by atoms with Crippen LogP contribution in [-0.4, -0.2) is 40.6 Å². The second-order valence-electron chi connectivity index (χ2n) is 6.33. The summed E-state index contributed by atoms with van der Waals surface area (Å²) >= 11 is 3.47. The molecule has 0 aromatic heterocycles. The van der Waals surface area contributed by atoms with Gasteiger partial charge in [-0.05, 0) is 11.6 Å². The molecular weight excluding hydrogens is 402 g/mol. The highest BCUT2D eigenvalue weighted by atomic mass is 79.9. The number of carboxylic acid groups (broad SMARTS) is 1. The van der Waals surface area contributed by atoms with Gasteiger partial charge in [-0.2, -0.15) is 0 Å². The summed E-state index contributed by atoms with van der Waals surface area (Å²) in [5, 5.41) is 9.50. The van der Waals surface area contributed by atoms with Gasteiger partial charge in [-0.15, -0.1) is 0 Å². The van der Waals surface area contributed by atoms with Crippen LogP contribution in [0.1, 0.15) is 11.1 Å². The van der Waals surface area contributed by atoms with E-state index in [2.05, 4.69) is 15.9 Å². The number of benzene rings is 2. The quantitative estimate of drug-likeness (QED) is 0.826. The summed E-state index contributed by atoms with van der Waals surface area (Å²) in [7, 11) is 0. The van der Waals surface area contributed by atoms with Gasteiger partial charge in [-0.3, -0.25) is 4.79 Å². The van der Waals surface area contributed by atoms with Crippen LogP contribution < -0.4 is 0 Å². The van der Waals surface area contributed by atoms with Gasteiger partial charge in [-0.1, -0.05) is 64.5 Å². The smallest absolute Gasteiger partial charge is 0.336 e. The van der Waals surface area contributed by atoms with Gasteiger partial charge in [0.15, 0.2) is 12.2 Å². The molecule has 0 spiro atoms. The highest BCUT2D eigenvalue weighted by Gasteiger charge is 2.60. The minimum atomic E-state index is -1.34. The van der Waals surface area contributed by atoms with Gasteiger partial charge in [0.25, 0.3) is 5.91 Å². The van der Waals surface area contributed by atoms with Gasteiger partial charge < -0.3 is 19.5 Å². The van der Waals surface area contributed by atoms with Crippen LogP contribution >= 0.6 is 15.9 Å². The summed E-state index contributed by atoms with van der Waals surface area (Å²) in [6, 6.07) is 16.9. The lowest BCUT2D eigenvalue weighted by Crippen LogP contribution is -2.53. The molecule has 2 aliphatic rings. The van der Waals surface area contributed by atoms with E-state index in [1.807, 2.05) is 54.6 Å². The normalized spacial score (nSPS) is 27.6. The van der Waals surface area contributed by atoms with Crippen LogP contribution in [0.15, 0.2) is 59.1 Å². The van der Waals surface area contributed by atoms with Gasteiger partial charge in [0.05, 0.1) is 6.54 Å². The number of carbonyl (C=O) groups excluding carboxylic acids is 1. The van der Waals surface area contributed by atoms with E-state index in [9.17, 15) is 14.7 Å². The Morgan fingerprint density at radius 1 is 1.15 bits per heavy atom. The summed E-state index contributed by atoms with van der Waals surface area (Å²) in [5.41, 5.74) is 1.62. The second kappa shape index (κ2) is 6.50. The summed E-state index contributed by atoms with van der Waals surface area (Å²) in [6.07, 6.45) is -2.51. The maximum Gasteiger partial charge on any atom is 0.336 e. The number of halogens is 1. The molecule has 134 valence electrons. The molecule has 2 saturated heterocycles. The maximum absolute atomic E-state index is 12.8. The average molecular weight is 418 g/mol. The molecule has 0 saturated carbocycles. The zero-order chi connectivity index (χ0) is 18.3. The number of hydrogen-bond acceptors (Lipinski definition) is 4. The predicted octanol–water partition coefficient (Wildman–Crippen LogP) is 2.51. The molecule has 2 aliphatic heterocycles. The Balaban J connectivity index is 1.73. The molecule has 0 aliphatic carbocycles. The maximum atomic E-state index is 12.8. The molecule has 3 unspecified atom stereocenters. The number of ether oxygens (including phenoxy) is 2. The van der Waals surface area contributed by atoms with Crippen LogP contribution in [0.5, 0.6) is 0 Å². The van der Waals surface area contributed by atoms with Gasteiger partial charge in [0.1, 0.15) is 0 Å². The molecule has 2 aromatic carbocycles. The third-order valence-electron chi connectivity index (χ3n) is 4.61. The van der Waals surface area contributed by atoms with Crippen LogP contribution in [0.3, 0.4) is 0 Å². The minimum Gasteiger partial charge on any atom is -0.479 e. The van der Waals surface area contributed by atoms with Crippen LogP contribution in [0, 0.1) is 0 Å². The third kappa shape index (κ3) is 2.82. The van der Waals surface area contributed by atoms with Crippen molar-refractivity contribution in [3.05, 3.63) is 70.2 Å². The van der Waals surface area contributed by atoms with E-state index in [-0.39, 0.29) is 12.5 Å².